The molecule has 10 heteroatoms. The van der Waals surface area contributed by atoms with Gasteiger partial charge in [0.1, 0.15) is 11.4 Å². The van der Waals surface area contributed by atoms with E-state index in [4.69, 9.17) is 17.3 Å². The van der Waals surface area contributed by atoms with Gasteiger partial charge in [0, 0.05) is 41.3 Å². The molecule has 0 atom stereocenters. The van der Waals surface area contributed by atoms with Crippen LogP contribution >= 0.6 is 11.6 Å². The SMILES string of the molecule is Nc1cc(-c2cnccc2Cl)cc2cc(NC(=O)C=C3CCC4(CC3)NC(=O)NC4=O)ncc12. The summed E-state index contributed by atoms with van der Waals surface area (Å²) in [5, 5.41) is 9.92. The third-order valence-corrected chi connectivity index (χ3v) is 6.62. The number of allylic oxidation sites excluding steroid dienone is 1. The monoisotopic (exact) mass is 476 g/mol. The summed E-state index contributed by atoms with van der Waals surface area (Å²) in [7, 11) is 0. The molecule has 34 heavy (non-hydrogen) atoms. The van der Waals surface area contributed by atoms with E-state index in [0.717, 1.165) is 27.5 Å². The summed E-state index contributed by atoms with van der Waals surface area (Å²) >= 11 is 6.31. The predicted molar refractivity (Wildman–Crippen MR) is 129 cm³/mol. The number of nitrogen functional groups attached to an aromatic ring is 1. The lowest BCUT2D eigenvalue weighted by Gasteiger charge is -2.31. The standard InChI is InChI=1S/C24H21ClN6O3/c25-18-3-6-27-11-16(18)14-8-15-10-20(28-12-17(15)19(26)9-14)29-21(32)7-13-1-4-24(5-2-13)22(33)30-23(34)31-24/h3,6-12H,1-2,4-5,26H2,(H,28,29,32)(H2,30,31,33,34). The van der Waals surface area contributed by atoms with Gasteiger partial charge in [-0.05, 0) is 60.9 Å². The fraction of sp³-hybridized carbons (Fsp3) is 0.208. The van der Waals surface area contributed by atoms with E-state index in [0.29, 0.717) is 42.2 Å². The van der Waals surface area contributed by atoms with Gasteiger partial charge in [-0.2, -0.15) is 0 Å². The Labute approximate surface area is 199 Å². The van der Waals surface area contributed by atoms with Crippen LogP contribution in [-0.4, -0.2) is 33.4 Å². The van der Waals surface area contributed by atoms with Gasteiger partial charge in [-0.1, -0.05) is 17.2 Å². The minimum absolute atomic E-state index is 0.299. The molecular formula is C24H21ClN6O3. The van der Waals surface area contributed by atoms with Crippen LogP contribution in [0.2, 0.25) is 5.02 Å². The van der Waals surface area contributed by atoms with Crippen molar-refractivity contribution >= 4 is 51.7 Å². The fourth-order valence-corrected chi connectivity index (χ4v) is 4.68. The number of aromatic nitrogens is 2. The molecule has 1 saturated heterocycles. The summed E-state index contributed by atoms with van der Waals surface area (Å²) < 4.78 is 0. The van der Waals surface area contributed by atoms with Crippen molar-refractivity contribution in [2.75, 3.05) is 11.1 Å². The zero-order valence-corrected chi connectivity index (χ0v) is 18.8. The third kappa shape index (κ3) is 4.06. The lowest BCUT2D eigenvalue weighted by Crippen LogP contribution is -2.48. The molecule has 0 radical (unpaired) electrons. The first-order valence-corrected chi connectivity index (χ1v) is 11.1. The van der Waals surface area contributed by atoms with E-state index in [-0.39, 0.29) is 11.8 Å². The van der Waals surface area contributed by atoms with Crippen molar-refractivity contribution in [3.63, 3.8) is 0 Å². The third-order valence-electron chi connectivity index (χ3n) is 6.29. The number of nitrogens with two attached hydrogens (primary N) is 1. The van der Waals surface area contributed by atoms with Crippen molar-refractivity contribution in [2.45, 2.75) is 31.2 Å². The molecular weight excluding hydrogens is 456 g/mol. The summed E-state index contributed by atoms with van der Waals surface area (Å²) in [4.78, 5) is 44.6. The van der Waals surface area contributed by atoms with E-state index in [1.807, 2.05) is 12.1 Å². The first kappa shape index (κ1) is 21.8. The van der Waals surface area contributed by atoms with Crippen LogP contribution in [0.1, 0.15) is 25.7 Å². The highest BCUT2D eigenvalue weighted by atomic mass is 35.5. The lowest BCUT2D eigenvalue weighted by molar-refractivity contribution is -0.124. The molecule has 2 fully saturated rings. The number of imide groups is 1. The maximum atomic E-state index is 12.6. The maximum absolute atomic E-state index is 12.6. The number of nitrogens with one attached hydrogen (secondary N) is 3. The first-order chi connectivity index (χ1) is 16.3. The molecule has 5 N–H and O–H groups in total. The molecule has 9 nitrogen and oxygen atoms in total. The molecule has 1 spiro atoms. The summed E-state index contributed by atoms with van der Waals surface area (Å²) in [6, 6.07) is 6.74. The molecule has 1 saturated carbocycles. The number of benzene rings is 1. The molecule has 1 aliphatic heterocycles. The average Bonchev–Trinajstić information content (AvgIpc) is 3.07. The molecule has 5 rings (SSSR count). The van der Waals surface area contributed by atoms with E-state index in [9.17, 15) is 14.4 Å². The maximum Gasteiger partial charge on any atom is 0.322 e. The summed E-state index contributed by atoms with van der Waals surface area (Å²) in [5.41, 5.74) is 8.39. The molecule has 0 unspecified atom stereocenters. The molecule has 1 aromatic carbocycles. The molecule has 3 heterocycles. The predicted octanol–water partition coefficient (Wildman–Crippen LogP) is 3.55. The van der Waals surface area contributed by atoms with Crippen LogP contribution < -0.4 is 21.7 Å². The van der Waals surface area contributed by atoms with Gasteiger partial charge < -0.3 is 16.4 Å². The van der Waals surface area contributed by atoms with Gasteiger partial charge in [-0.25, -0.2) is 9.78 Å². The van der Waals surface area contributed by atoms with Gasteiger partial charge in [-0.3, -0.25) is 19.9 Å². The zero-order chi connectivity index (χ0) is 23.9. The van der Waals surface area contributed by atoms with Crippen molar-refractivity contribution in [3.8, 4) is 11.1 Å². The number of amides is 4. The van der Waals surface area contributed by atoms with E-state index in [1.165, 1.54) is 6.08 Å². The fourth-order valence-electron chi connectivity index (χ4n) is 4.47. The Kier molecular flexibility index (Phi) is 5.41. The summed E-state index contributed by atoms with van der Waals surface area (Å²) in [6.07, 6.45) is 8.44. The smallest absolute Gasteiger partial charge is 0.322 e. The Morgan fingerprint density at radius 2 is 1.97 bits per heavy atom. The van der Waals surface area contributed by atoms with Gasteiger partial charge in [0.2, 0.25) is 5.91 Å². The van der Waals surface area contributed by atoms with E-state index >= 15 is 0 Å². The second-order valence-corrected chi connectivity index (χ2v) is 8.90. The van der Waals surface area contributed by atoms with Crippen molar-refractivity contribution in [1.29, 1.82) is 0 Å². The second kappa shape index (κ2) is 8.42. The Morgan fingerprint density at radius 3 is 2.68 bits per heavy atom. The summed E-state index contributed by atoms with van der Waals surface area (Å²) in [6.45, 7) is 0. The van der Waals surface area contributed by atoms with Crippen LogP contribution in [0, 0.1) is 0 Å². The number of rotatable bonds is 3. The van der Waals surface area contributed by atoms with Crippen LogP contribution in [0.3, 0.4) is 0 Å². The topological polar surface area (TPSA) is 139 Å². The number of nitrogens with zero attached hydrogens (tertiary/aromatic N) is 2. The van der Waals surface area contributed by atoms with Gasteiger partial charge in [0.25, 0.3) is 5.91 Å². The number of halogens is 1. The molecule has 3 aromatic rings. The van der Waals surface area contributed by atoms with Crippen LogP contribution in [0.25, 0.3) is 21.9 Å². The van der Waals surface area contributed by atoms with Crippen molar-refractivity contribution in [2.24, 2.45) is 0 Å². The van der Waals surface area contributed by atoms with Crippen LogP contribution in [0.5, 0.6) is 0 Å². The highest BCUT2D eigenvalue weighted by molar-refractivity contribution is 6.33. The van der Waals surface area contributed by atoms with Gasteiger partial charge in [0.15, 0.2) is 0 Å². The first-order valence-electron chi connectivity index (χ1n) is 10.8. The largest absolute Gasteiger partial charge is 0.398 e. The number of fused-ring (bicyclic) bond motifs is 1. The normalized spacial score (nSPS) is 19.7. The Balaban J connectivity index is 1.33. The molecule has 1 aliphatic carbocycles. The Hall–Kier alpha value is -3.98. The van der Waals surface area contributed by atoms with Crippen LogP contribution in [0.15, 0.2) is 54.5 Å². The molecule has 0 bridgehead atoms. The molecule has 2 aliphatic rings. The van der Waals surface area contributed by atoms with Gasteiger partial charge >= 0.3 is 6.03 Å². The highest BCUT2D eigenvalue weighted by Gasteiger charge is 2.47. The Morgan fingerprint density at radius 1 is 1.18 bits per heavy atom. The van der Waals surface area contributed by atoms with Crippen LogP contribution in [0.4, 0.5) is 16.3 Å². The second-order valence-electron chi connectivity index (χ2n) is 8.49. The highest BCUT2D eigenvalue weighted by Crippen LogP contribution is 2.35. The zero-order valence-electron chi connectivity index (χ0n) is 18.0. The van der Waals surface area contributed by atoms with Crippen molar-refractivity contribution < 1.29 is 14.4 Å². The average molecular weight is 477 g/mol. The lowest BCUT2D eigenvalue weighted by atomic mass is 9.79. The van der Waals surface area contributed by atoms with E-state index in [1.54, 1.807) is 30.7 Å². The number of hydrogen-bond acceptors (Lipinski definition) is 6. The van der Waals surface area contributed by atoms with Gasteiger partial charge in [0.05, 0.1) is 5.02 Å². The number of anilines is 2. The summed E-state index contributed by atoms with van der Waals surface area (Å²) in [5.74, 6) is -0.220. The minimum atomic E-state index is -0.861. The van der Waals surface area contributed by atoms with Gasteiger partial charge in [-0.15, -0.1) is 0 Å². The quantitative estimate of drug-likeness (QED) is 0.259. The number of urea groups is 1. The molecule has 2 aromatic heterocycles. The van der Waals surface area contributed by atoms with Crippen molar-refractivity contribution in [3.05, 3.63) is 59.5 Å². The molecule has 4 amide bonds. The van der Waals surface area contributed by atoms with Crippen LogP contribution in [-0.2, 0) is 9.59 Å². The van der Waals surface area contributed by atoms with E-state index < -0.39 is 11.6 Å². The minimum Gasteiger partial charge on any atom is -0.398 e. The number of carbonyl (C=O) groups excluding carboxylic acids is 3. The Bertz CT molecular complexity index is 1380. The number of hydrogen-bond donors (Lipinski definition) is 4. The number of carbonyl (C=O) groups is 3. The number of pyridine rings is 2. The van der Waals surface area contributed by atoms with E-state index in [2.05, 4.69) is 25.9 Å². The van der Waals surface area contributed by atoms with Crippen molar-refractivity contribution in [1.82, 2.24) is 20.6 Å². The molecule has 172 valence electrons.